The molecule has 0 fully saturated rings. The van der Waals surface area contributed by atoms with Crippen molar-refractivity contribution in [1.82, 2.24) is 0 Å². The summed E-state index contributed by atoms with van der Waals surface area (Å²) in [6, 6.07) is 0. The minimum Gasteiger partial charge on any atom is -0.330 e. The van der Waals surface area contributed by atoms with Gasteiger partial charge in [-0.1, -0.05) is 41.0 Å². The first-order valence-corrected chi connectivity index (χ1v) is 5.03. The highest BCUT2D eigenvalue weighted by Gasteiger charge is 2.26. The molecule has 0 heterocycles. The molecule has 0 amide bonds. The zero-order chi connectivity index (χ0) is 9.83. The van der Waals surface area contributed by atoms with Crippen LogP contribution in [0.4, 0.5) is 0 Å². The largest absolute Gasteiger partial charge is 0.330 e. The first-order valence-electron chi connectivity index (χ1n) is 5.03. The molecule has 0 atom stereocenters. The number of hydrogen-bond acceptors (Lipinski definition) is 1. The summed E-state index contributed by atoms with van der Waals surface area (Å²) in [7, 11) is 0. The van der Waals surface area contributed by atoms with Gasteiger partial charge in [0, 0.05) is 0 Å². The maximum Gasteiger partial charge on any atom is -0.00256 e. The lowest BCUT2D eigenvalue weighted by Crippen LogP contribution is -2.29. The van der Waals surface area contributed by atoms with Crippen molar-refractivity contribution in [1.29, 1.82) is 0 Å². The van der Waals surface area contributed by atoms with Crippen molar-refractivity contribution in [2.24, 2.45) is 16.6 Å². The van der Waals surface area contributed by atoms with Crippen molar-refractivity contribution in [3.8, 4) is 0 Å². The lowest BCUT2D eigenvalue weighted by molar-refractivity contribution is 0.187. The Morgan fingerprint density at radius 1 is 1.00 bits per heavy atom. The van der Waals surface area contributed by atoms with E-state index in [0.29, 0.717) is 10.8 Å². The van der Waals surface area contributed by atoms with Crippen LogP contribution in [0, 0.1) is 10.8 Å². The fourth-order valence-corrected chi connectivity index (χ4v) is 2.13. The van der Waals surface area contributed by atoms with Crippen LogP contribution in [-0.4, -0.2) is 6.54 Å². The Hall–Kier alpha value is -0.0400. The summed E-state index contributed by atoms with van der Waals surface area (Å²) in [5, 5.41) is 0. The minimum atomic E-state index is 0.304. The highest BCUT2D eigenvalue weighted by Crippen LogP contribution is 2.36. The molecule has 0 spiro atoms. The summed E-state index contributed by atoms with van der Waals surface area (Å²) in [5.41, 5.74) is 6.47. The Morgan fingerprint density at radius 2 is 1.50 bits per heavy atom. The van der Waals surface area contributed by atoms with Crippen LogP contribution in [0.3, 0.4) is 0 Å². The molecule has 0 aromatic rings. The smallest absolute Gasteiger partial charge is 0.00256 e. The normalized spacial score (nSPS) is 13.5. The first-order chi connectivity index (χ1) is 5.33. The molecule has 0 aromatic carbocycles. The molecule has 74 valence electrons. The van der Waals surface area contributed by atoms with Crippen LogP contribution in [0.1, 0.15) is 53.9 Å². The topological polar surface area (TPSA) is 26.0 Å². The van der Waals surface area contributed by atoms with E-state index in [2.05, 4.69) is 34.6 Å². The van der Waals surface area contributed by atoms with Crippen molar-refractivity contribution in [3.63, 3.8) is 0 Å². The predicted molar refractivity (Wildman–Crippen MR) is 56.1 cm³/mol. The summed E-state index contributed by atoms with van der Waals surface area (Å²) in [6.45, 7) is 12.2. The van der Waals surface area contributed by atoms with Crippen LogP contribution >= 0.6 is 0 Å². The standard InChI is InChI=1S/C11H25N/c1-6-7-10(2,3)8-11(4,5)9-12/h6-9,12H2,1-5H3. The van der Waals surface area contributed by atoms with Crippen molar-refractivity contribution in [3.05, 3.63) is 0 Å². The van der Waals surface area contributed by atoms with Crippen molar-refractivity contribution >= 4 is 0 Å². The van der Waals surface area contributed by atoms with Crippen LogP contribution in [0.5, 0.6) is 0 Å². The summed E-state index contributed by atoms with van der Waals surface area (Å²) < 4.78 is 0. The van der Waals surface area contributed by atoms with Gasteiger partial charge in [-0.05, 0) is 30.2 Å². The van der Waals surface area contributed by atoms with Gasteiger partial charge in [-0.25, -0.2) is 0 Å². The Kier molecular flexibility index (Phi) is 4.25. The van der Waals surface area contributed by atoms with Gasteiger partial charge < -0.3 is 5.73 Å². The van der Waals surface area contributed by atoms with E-state index in [-0.39, 0.29) is 0 Å². The fourth-order valence-electron chi connectivity index (χ4n) is 2.13. The van der Waals surface area contributed by atoms with Gasteiger partial charge >= 0.3 is 0 Å². The first kappa shape index (κ1) is 12.0. The molecule has 0 aliphatic carbocycles. The molecule has 0 aliphatic heterocycles. The van der Waals surface area contributed by atoms with Crippen LogP contribution in [0.15, 0.2) is 0 Å². The molecule has 2 N–H and O–H groups in total. The highest BCUT2D eigenvalue weighted by molar-refractivity contribution is 4.79. The molecule has 0 radical (unpaired) electrons. The molecule has 0 aliphatic rings. The highest BCUT2D eigenvalue weighted by atomic mass is 14.6. The number of rotatable bonds is 5. The van der Waals surface area contributed by atoms with Crippen molar-refractivity contribution in [2.75, 3.05) is 6.54 Å². The van der Waals surface area contributed by atoms with E-state index in [1.165, 1.54) is 19.3 Å². The van der Waals surface area contributed by atoms with Crippen LogP contribution in [0.2, 0.25) is 0 Å². The zero-order valence-corrected chi connectivity index (χ0v) is 9.41. The lowest BCUT2D eigenvalue weighted by Gasteiger charge is -2.34. The average molecular weight is 171 g/mol. The molecule has 1 nitrogen and oxygen atoms in total. The van der Waals surface area contributed by atoms with Gasteiger partial charge in [-0.3, -0.25) is 0 Å². The molecule has 0 saturated heterocycles. The van der Waals surface area contributed by atoms with Gasteiger partial charge in [-0.15, -0.1) is 0 Å². The average Bonchev–Trinajstić information content (AvgIpc) is 1.85. The SMILES string of the molecule is CCCC(C)(C)CC(C)(C)CN. The van der Waals surface area contributed by atoms with E-state index in [9.17, 15) is 0 Å². The van der Waals surface area contributed by atoms with Gasteiger partial charge in [0.05, 0.1) is 0 Å². The second-order valence-corrected chi connectivity index (χ2v) is 5.46. The van der Waals surface area contributed by atoms with E-state index >= 15 is 0 Å². The van der Waals surface area contributed by atoms with E-state index in [4.69, 9.17) is 5.73 Å². The van der Waals surface area contributed by atoms with E-state index in [1.54, 1.807) is 0 Å². The second kappa shape index (κ2) is 4.27. The van der Waals surface area contributed by atoms with Crippen LogP contribution in [0.25, 0.3) is 0 Å². The molecule has 0 unspecified atom stereocenters. The molecule has 0 bridgehead atoms. The van der Waals surface area contributed by atoms with E-state index in [0.717, 1.165) is 6.54 Å². The summed E-state index contributed by atoms with van der Waals surface area (Å²) in [5.74, 6) is 0. The van der Waals surface area contributed by atoms with Gasteiger partial charge in [0.25, 0.3) is 0 Å². The van der Waals surface area contributed by atoms with E-state index in [1.807, 2.05) is 0 Å². The maximum atomic E-state index is 5.71. The zero-order valence-electron chi connectivity index (χ0n) is 9.41. The molecule has 12 heavy (non-hydrogen) atoms. The van der Waals surface area contributed by atoms with Crippen LogP contribution < -0.4 is 5.73 Å². The molecular formula is C11H25N. The quantitative estimate of drug-likeness (QED) is 0.675. The third-order valence-electron chi connectivity index (χ3n) is 2.44. The predicted octanol–water partition coefficient (Wildman–Crippen LogP) is 3.19. The molecule has 1 heteroatoms. The summed E-state index contributed by atoms with van der Waals surface area (Å²) in [6.07, 6.45) is 3.80. The van der Waals surface area contributed by atoms with Gasteiger partial charge in [0.1, 0.15) is 0 Å². The Balaban J connectivity index is 4.04. The Labute approximate surface area is 77.7 Å². The number of hydrogen-bond donors (Lipinski definition) is 1. The number of nitrogens with two attached hydrogens (primary N) is 1. The summed E-state index contributed by atoms with van der Waals surface area (Å²) in [4.78, 5) is 0. The maximum absolute atomic E-state index is 5.71. The van der Waals surface area contributed by atoms with Gasteiger partial charge in [0.15, 0.2) is 0 Å². The van der Waals surface area contributed by atoms with Crippen molar-refractivity contribution < 1.29 is 0 Å². The van der Waals surface area contributed by atoms with Gasteiger partial charge in [-0.2, -0.15) is 0 Å². The Morgan fingerprint density at radius 3 is 1.83 bits per heavy atom. The lowest BCUT2D eigenvalue weighted by atomic mass is 9.73. The molecule has 0 rings (SSSR count). The van der Waals surface area contributed by atoms with Crippen molar-refractivity contribution in [2.45, 2.75) is 53.9 Å². The Bertz CT molecular complexity index is 125. The second-order valence-electron chi connectivity index (χ2n) is 5.46. The third kappa shape index (κ3) is 4.76. The summed E-state index contributed by atoms with van der Waals surface area (Å²) >= 11 is 0. The van der Waals surface area contributed by atoms with Crippen LogP contribution in [-0.2, 0) is 0 Å². The minimum absolute atomic E-state index is 0.304. The molecular weight excluding hydrogens is 146 g/mol. The monoisotopic (exact) mass is 171 g/mol. The fraction of sp³-hybridized carbons (Fsp3) is 1.00. The third-order valence-corrected chi connectivity index (χ3v) is 2.44. The molecule has 0 saturated carbocycles. The van der Waals surface area contributed by atoms with E-state index < -0.39 is 0 Å². The molecule has 0 aromatic heterocycles. The van der Waals surface area contributed by atoms with Gasteiger partial charge in [0.2, 0.25) is 0 Å².